The van der Waals surface area contributed by atoms with Crippen LogP contribution in [0.4, 0.5) is 0 Å². The van der Waals surface area contributed by atoms with Gasteiger partial charge in [0.05, 0.1) is 5.76 Å². The third-order valence-corrected chi connectivity index (χ3v) is 4.44. The van der Waals surface area contributed by atoms with Gasteiger partial charge < -0.3 is 10.1 Å². The van der Waals surface area contributed by atoms with E-state index in [0.29, 0.717) is 12.2 Å². The summed E-state index contributed by atoms with van der Waals surface area (Å²) in [5, 5.41) is 10.6. The van der Waals surface area contributed by atoms with Gasteiger partial charge in [0.25, 0.3) is 0 Å². The van der Waals surface area contributed by atoms with Crippen molar-refractivity contribution in [2.45, 2.75) is 19.8 Å². The van der Waals surface area contributed by atoms with E-state index in [0.717, 1.165) is 12.2 Å². The number of allylic oxidation sites excluding steroid dienone is 4. The largest absolute Gasteiger partial charge is 0.512 e. The minimum absolute atomic E-state index is 0.243. The zero-order chi connectivity index (χ0) is 14.7. The molecule has 0 spiro atoms. The van der Waals surface area contributed by atoms with Crippen LogP contribution < -0.4 is 0 Å². The van der Waals surface area contributed by atoms with Crippen molar-refractivity contribution in [1.29, 1.82) is 0 Å². The Bertz CT molecular complexity index is 643. The quantitative estimate of drug-likeness (QED) is 0.894. The average Bonchev–Trinajstić information content (AvgIpc) is 2.98. The highest BCUT2D eigenvalue weighted by Gasteiger charge is 2.41. The Labute approximate surface area is 125 Å². The van der Waals surface area contributed by atoms with E-state index in [-0.39, 0.29) is 11.3 Å². The minimum atomic E-state index is -0.339. The van der Waals surface area contributed by atoms with Gasteiger partial charge in [-0.15, -0.1) is 0 Å². The molecule has 2 unspecified atom stereocenters. The number of rotatable bonds is 4. The number of hydrogen-bond donors (Lipinski definition) is 2. The van der Waals surface area contributed by atoms with E-state index in [1.165, 1.54) is 5.56 Å². The van der Waals surface area contributed by atoms with Crippen LogP contribution in [0.25, 0.3) is 0 Å². The van der Waals surface area contributed by atoms with E-state index in [2.05, 4.69) is 35.1 Å². The summed E-state index contributed by atoms with van der Waals surface area (Å²) in [5.74, 6) is 1.60. The van der Waals surface area contributed by atoms with E-state index in [4.69, 9.17) is 0 Å². The lowest BCUT2D eigenvalue weighted by Crippen LogP contribution is -2.37. The topological polar surface area (TPSA) is 48.9 Å². The number of nitrogens with one attached hydrogen (secondary N) is 1. The molecule has 3 nitrogen and oxygen atoms in total. The highest BCUT2D eigenvalue weighted by atomic mass is 16.3. The van der Waals surface area contributed by atoms with Crippen LogP contribution in [0.2, 0.25) is 0 Å². The van der Waals surface area contributed by atoms with Gasteiger partial charge in [-0.2, -0.15) is 0 Å². The van der Waals surface area contributed by atoms with E-state index >= 15 is 0 Å². The molecule has 2 atom stereocenters. The van der Waals surface area contributed by atoms with Crippen LogP contribution in [-0.4, -0.2) is 15.1 Å². The lowest BCUT2D eigenvalue weighted by molar-refractivity contribution is 0.160. The Morgan fingerprint density at radius 2 is 2.05 bits per heavy atom. The molecule has 21 heavy (non-hydrogen) atoms. The predicted molar refractivity (Wildman–Crippen MR) is 83.9 cm³/mol. The lowest BCUT2D eigenvalue weighted by Gasteiger charge is -2.39. The highest BCUT2D eigenvalue weighted by Crippen LogP contribution is 2.43. The van der Waals surface area contributed by atoms with Gasteiger partial charge in [0.2, 0.25) is 0 Å². The summed E-state index contributed by atoms with van der Waals surface area (Å²) in [6.45, 7) is 2.16. The molecular formula is C18H20N2O. The molecule has 3 rings (SSSR count). The number of hydrogen-bond acceptors (Lipinski definition) is 2. The molecule has 0 radical (unpaired) electrons. The second-order valence-corrected chi connectivity index (χ2v) is 5.76. The summed E-state index contributed by atoms with van der Waals surface area (Å²) in [7, 11) is 0. The van der Waals surface area contributed by atoms with Crippen molar-refractivity contribution in [2.75, 3.05) is 0 Å². The second-order valence-electron chi connectivity index (χ2n) is 5.76. The van der Waals surface area contributed by atoms with E-state index in [9.17, 15) is 5.11 Å². The number of nitrogens with zero attached hydrogens (tertiary/aromatic N) is 1. The molecule has 0 saturated heterocycles. The summed E-state index contributed by atoms with van der Waals surface area (Å²) >= 11 is 0. The maximum Gasteiger partial charge on any atom is 0.107 e. The van der Waals surface area contributed by atoms with Crippen LogP contribution in [0.5, 0.6) is 0 Å². The molecule has 2 N–H and O–H groups in total. The van der Waals surface area contributed by atoms with Crippen LogP contribution >= 0.6 is 0 Å². The predicted octanol–water partition coefficient (Wildman–Crippen LogP) is 3.83. The molecule has 1 heterocycles. The zero-order valence-electron chi connectivity index (χ0n) is 12.2. The van der Waals surface area contributed by atoms with Crippen molar-refractivity contribution in [3.63, 3.8) is 0 Å². The molecule has 108 valence electrons. The number of H-pyrrole nitrogens is 1. The first-order chi connectivity index (χ1) is 10.2. The number of aromatic nitrogens is 2. The van der Waals surface area contributed by atoms with Gasteiger partial charge in [-0.05, 0) is 24.0 Å². The first-order valence-electron chi connectivity index (χ1n) is 7.31. The Morgan fingerprint density at radius 1 is 1.24 bits per heavy atom. The molecule has 1 aliphatic rings. The molecule has 0 bridgehead atoms. The molecule has 2 aromatic rings. The Kier molecular flexibility index (Phi) is 3.65. The highest BCUT2D eigenvalue weighted by molar-refractivity contribution is 5.29. The molecule has 1 aromatic heterocycles. The second kappa shape index (κ2) is 5.60. The van der Waals surface area contributed by atoms with Gasteiger partial charge >= 0.3 is 0 Å². The number of aromatic amines is 1. The van der Waals surface area contributed by atoms with Gasteiger partial charge in [0, 0.05) is 24.2 Å². The van der Waals surface area contributed by atoms with Crippen molar-refractivity contribution < 1.29 is 5.11 Å². The third-order valence-electron chi connectivity index (χ3n) is 4.44. The van der Waals surface area contributed by atoms with E-state index in [1.807, 2.05) is 36.5 Å². The Hall–Kier alpha value is -2.29. The summed E-state index contributed by atoms with van der Waals surface area (Å²) in [6.07, 6.45) is 11.0. The molecule has 3 heteroatoms. The summed E-state index contributed by atoms with van der Waals surface area (Å²) < 4.78 is 0. The van der Waals surface area contributed by atoms with Gasteiger partial charge in [-0.3, -0.25) is 0 Å². The summed E-state index contributed by atoms with van der Waals surface area (Å²) in [6, 6.07) is 10.3. The van der Waals surface area contributed by atoms with Crippen molar-refractivity contribution in [1.82, 2.24) is 9.97 Å². The minimum Gasteiger partial charge on any atom is -0.512 e. The normalized spacial score (nSPS) is 24.8. The first kappa shape index (κ1) is 13.7. The molecule has 0 saturated carbocycles. The lowest BCUT2D eigenvalue weighted by atomic mass is 9.66. The third kappa shape index (κ3) is 2.64. The Balaban J connectivity index is 1.98. The number of aliphatic hydroxyl groups excluding tert-OH is 1. The molecule has 0 amide bonds. The van der Waals surface area contributed by atoms with Gasteiger partial charge in [0.1, 0.15) is 5.82 Å². The Morgan fingerprint density at radius 3 is 2.71 bits per heavy atom. The first-order valence-corrected chi connectivity index (χ1v) is 7.31. The monoisotopic (exact) mass is 280 g/mol. The molecule has 1 aromatic carbocycles. The summed E-state index contributed by atoms with van der Waals surface area (Å²) in [4.78, 5) is 7.51. The maximum atomic E-state index is 10.6. The fourth-order valence-electron chi connectivity index (χ4n) is 3.12. The molecule has 0 aliphatic heterocycles. The zero-order valence-corrected chi connectivity index (χ0v) is 12.2. The maximum absolute atomic E-state index is 10.6. The van der Waals surface area contributed by atoms with Crippen LogP contribution in [0.1, 0.15) is 18.3 Å². The van der Waals surface area contributed by atoms with Crippen LogP contribution in [-0.2, 0) is 12.8 Å². The van der Waals surface area contributed by atoms with Gasteiger partial charge in [-0.25, -0.2) is 4.98 Å². The van der Waals surface area contributed by atoms with Crippen molar-refractivity contribution >= 4 is 0 Å². The number of imidazole rings is 1. The fourth-order valence-corrected chi connectivity index (χ4v) is 3.12. The number of benzene rings is 1. The van der Waals surface area contributed by atoms with E-state index < -0.39 is 0 Å². The van der Waals surface area contributed by atoms with Crippen LogP contribution in [0, 0.1) is 11.3 Å². The smallest absolute Gasteiger partial charge is 0.107 e. The molecular weight excluding hydrogens is 260 g/mol. The standard InChI is InChI=1S/C18H20N2O/c1-14-6-5-9-16(21)18(14,13-17-19-10-11-20-17)12-15-7-3-2-4-8-15/h2-11,14,21H,12-13H2,1H3,(H,19,20). The van der Waals surface area contributed by atoms with Crippen molar-refractivity contribution in [2.24, 2.45) is 11.3 Å². The molecule has 0 fully saturated rings. The van der Waals surface area contributed by atoms with Gasteiger partial charge in [0.15, 0.2) is 0 Å². The summed E-state index contributed by atoms with van der Waals surface area (Å²) in [5.41, 5.74) is 0.889. The average molecular weight is 280 g/mol. The van der Waals surface area contributed by atoms with Crippen LogP contribution in [0.15, 0.2) is 66.7 Å². The SMILES string of the molecule is CC1C=CC=C(O)C1(Cc1ccccc1)Cc1ncc[nH]1. The van der Waals surface area contributed by atoms with E-state index in [1.54, 1.807) is 6.20 Å². The fraction of sp³-hybridized carbons (Fsp3) is 0.278. The van der Waals surface area contributed by atoms with Crippen molar-refractivity contribution in [3.05, 3.63) is 78.1 Å². The van der Waals surface area contributed by atoms with Crippen molar-refractivity contribution in [3.8, 4) is 0 Å². The van der Waals surface area contributed by atoms with Gasteiger partial charge in [-0.1, -0.05) is 49.4 Å². The molecule has 1 aliphatic carbocycles. The number of aliphatic hydroxyl groups is 1. The van der Waals surface area contributed by atoms with Crippen LogP contribution in [0.3, 0.4) is 0 Å².